The first-order valence-corrected chi connectivity index (χ1v) is 18.4. The lowest BCUT2D eigenvalue weighted by molar-refractivity contribution is 0.669. The molecule has 0 aliphatic heterocycles. The molecule has 0 bridgehead atoms. The van der Waals surface area contributed by atoms with E-state index in [0.29, 0.717) is 11.6 Å². The number of furan rings is 1. The number of rotatable bonds is 4. The van der Waals surface area contributed by atoms with Gasteiger partial charge in [-0.15, -0.1) is 11.3 Å². The van der Waals surface area contributed by atoms with Crippen LogP contribution in [0.15, 0.2) is 156 Å². The number of hydrogen-bond acceptors (Lipinski definition) is 5. The van der Waals surface area contributed by atoms with Crippen LogP contribution in [-0.4, -0.2) is 15.0 Å². The van der Waals surface area contributed by atoms with Crippen LogP contribution in [0.4, 0.5) is 0 Å². The van der Waals surface area contributed by atoms with E-state index >= 15 is 0 Å². The molecular formula is C47H29N3OS. The maximum atomic E-state index is 6.48. The van der Waals surface area contributed by atoms with Gasteiger partial charge in [0.25, 0.3) is 0 Å². The first-order valence-electron chi connectivity index (χ1n) is 17.6. The molecule has 0 radical (unpaired) electrons. The van der Waals surface area contributed by atoms with Crippen LogP contribution in [0.3, 0.4) is 0 Å². The first kappa shape index (κ1) is 29.3. The Balaban J connectivity index is 1.19. The fourth-order valence-corrected chi connectivity index (χ4v) is 9.04. The monoisotopic (exact) mass is 683 g/mol. The molecule has 0 fully saturated rings. The number of hydrogen-bond donors (Lipinski definition) is 0. The van der Waals surface area contributed by atoms with Crippen LogP contribution in [0.5, 0.6) is 0 Å². The van der Waals surface area contributed by atoms with Crippen molar-refractivity contribution in [2.45, 2.75) is 12.3 Å². The van der Waals surface area contributed by atoms with Crippen molar-refractivity contribution in [3.8, 4) is 33.9 Å². The summed E-state index contributed by atoms with van der Waals surface area (Å²) in [5.74, 6) is 2.06. The molecule has 0 amide bonds. The van der Waals surface area contributed by atoms with E-state index in [1.807, 2.05) is 23.5 Å². The molecule has 0 saturated heterocycles. The third-order valence-electron chi connectivity index (χ3n) is 10.5. The predicted octanol–water partition coefficient (Wildman–Crippen LogP) is 12.6. The lowest BCUT2D eigenvalue weighted by Gasteiger charge is -2.20. The Morgan fingerprint density at radius 1 is 0.558 bits per heavy atom. The summed E-state index contributed by atoms with van der Waals surface area (Å²) >= 11 is 1.83. The van der Waals surface area contributed by atoms with Gasteiger partial charge in [-0.3, -0.25) is 0 Å². The van der Waals surface area contributed by atoms with Gasteiger partial charge < -0.3 is 4.42 Å². The van der Waals surface area contributed by atoms with Gasteiger partial charge in [0.05, 0.1) is 0 Å². The summed E-state index contributed by atoms with van der Waals surface area (Å²) in [6.45, 7) is 0. The van der Waals surface area contributed by atoms with Crippen molar-refractivity contribution in [3.05, 3.63) is 169 Å². The number of benzene rings is 7. The summed E-state index contributed by atoms with van der Waals surface area (Å²) in [7, 11) is 0. The van der Waals surface area contributed by atoms with Crippen LogP contribution >= 0.6 is 11.3 Å². The van der Waals surface area contributed by atoms with E-state index in [4.69, 9.17) is 19.4 Å². The van der Waals surface area contributed by atoms with Gasteiger partial charge >= 0.3 is 0 Å². The summed E-state index contributed by atoms with van der Waals surface area (Å²) in [5, 5.41) is 6.94. The maximum Gasteiger partial charge on any atom is 0.165 e. The summed E-state index contributed by atoms with van der Waals surface area (Å²) in [6.07, 6.45) is 5.27. The number of fused-ring (bicyclic) bond motifs is 8. The van der Waals surface area contributed by atoms with Crippen molar-refractivity contribution in [2.24, 2.45) is 0 Å². The third kappa shape index (κ3) is 4.70. The molecule has 4 nitrogen and oxygen atoms in total. The molecule has 3 heterocycles. The molecule has 0 spiro atoms. The van der Waals surface area contributed by atoms with E-state index in [9.17, 15) is 0 Å². The van der Waals surface area contributed by atoms with Crippen molar-refractivity contribution >= 4 is 70.3 Å². The second-order valence-corrected chi connectivity index (χ2v) is 14.6. The quantitative estimate of drug-likeness (QED) is 0.185. The number of allylic oxidation sites excluding steroid dienone is 1. The van der Waals surface area contributed by atoms with Crippen LogP contribution < -0.4 is 0 Å². The molecule has 244 valence electrons. The lowest BCUT2D eigenvalue weighted by atomic mass is 9.89. The maximum absolute atomic E-state index is 6.48. The Hall–Kier alpha value is -6.43. The standard InChI is InChI=1S/C47H29N3OS/c1-3-11-30-25-33(19-17-28(30)9-1)45-48-46(34-20-18-29-10-2-4-12-31(29)26-34)50-47(49-45)44-35(23-24-40-43(44)38-14-5-7-15-39(38)51-40)32-21-22-37-36-13-6-8-16-41(36)52-42(37)27-32/h1-25,27,34H,26H2. The highest BCUT2D eigenvalue weighted by Crippen LogP contribution is 2.44. The molecule has 1 atom stereocenters. The average molecular weight is 684 g/mol. The molecule has 0 saturated carbocycles. The van der Waals surface area contributed by atoms with E-state index in [0.717, 1.165) is 61.8 Å². The van der Waals surface area contributed by atoms with E-state index in [2.05, 4.69) is 146 Å². The molecule has 7 aromatic carbocycles. The highest BCUT2D eigenvalue weighted by molar-refractivity contribution is 7.25. The second-order valence-electron chi connectivity index (χ2n) is 13.5. The number of para-hydroxylation sites is 1. The van der Waals surface area contributed by atoms with Crippen molar-refractivity contribution < 1.29 is 4.42 Å². The molecule has 1 unspecified atom stereocenters. The van der Waals surface area contributed by atoms with Crippen LogP contribution in [0, 0.1) is 0 Å². The molecule has 1 aliphatic carbocycles. The molecule has 10 aromatic rings. The fraction of sp³-hybridized carbons (Fsp3) is 0.0426. The van der Waals surface area contributed by atoms with Crippen molar-refractivity contribution in [3.63, 3.8) is 0 Å². The van der Waals surface area contributed by atoms with Crippen molar-refractivity contribution in [1.82, 2.24) is 15.0 Å². The number of aromatic nitrogens is 3. The van der Waals surface area contributed by atoms with Gasteiger partial charge in [-0.2, -0.15) is 0 Å². The van der Waals surface area contributed by atoms with Crippen molar-refractivity contribution in [1.29, 1.82) is 0 Å². The van der Waals surface area contributed by atoms with E-state index in [1.165, 1.54) is 36.7 Å². The Labute approximate surface area is 303 Å². The number of thiophene rings is 1. The zero-order valence-electron chi connectivity index (χ0n) is 28.0. The molecule has 0 N–H and O–H groups in total. The summed E-state index contributed by atoms with van der Waals surface area (Å²) in [4.78, 5) is 16.0. The van der Waals surface area contributed by atoms with Crippen LogP contribution in [0.25, 0.3) is 92.9 Å². The van der Waals surface area contributed by atoms with Gasteiger partial charge in [0, 0.05) is 48.0 Å². The molecule has 3 aromatic heterocycles. The Morgan fingerprint density at radius 2 is 1.33 bits per heavy atom. The topological polar surface area (TPSA) is 51.8 Å². The summed E-state index contributed by atoms with van der Waals surface area (Å²) in [5.41, 5.74) is 8.28. The second kappa shape index (κ2) is 11.6. The van der Waals surface area contributed by atoms with Gasteiger partial charge in [-0.1, -0.05) is 121 Å². The van der Waals surface area contributed by atoms with Gasteiger partial charge in [0.2, 0.25) is 0 Å². The van der Waals surface area contributed by atoms with E-state index in [-0.39, 0.29) is 5.92 Å². The third-order valence-corrected chi connectivity index (χ3v) is 11.6. The Bertz CT molecular complexity index is 3080. The van der Waals surface area contributed by atoms with E-state index < -0.39 is 0 Å². The zero-order chi connectivity index (χ0) is 34.2. The number of nitrogens with zero attached hydrogens (tertiary/aromatic N) is 3. The molecule has 1 aliphatic rings. The molecule has 5 heteroatoms. The predicted molar refractivity (Wildman–Crippen MR) is 216 cm³/mol. The average Bonchev–Trinajstić information content (AvgIpc) is 3.78. The minimum atomic E-state index is -0.00509. The molecular weight excluding hydrogens is 655 g/mol. The summed E-state index contributed by atoms with van der Waals surface area (Å²) < 4.78 is 9.02. The Morgan fingerprint density at radius 3 is 2.29 bits per heavy atom. The van der Waals surface area contributed by atoms with Gasteiger partial charge in [0.15, 0.2) is 11.6 Å². The zero-order valence-corrected chi connectivity index (χ0v) is 28.8. The molecule has 52 heavy (non-hydrogen) atoms. The fourth-order valence-electron chi connectivity index (χ4n) is 7.90. The highest BCUT2D eigenvalue weighted by atomic mass is 32.1. The van der Waals surface area contributed by atoms with E-state index in [1.54, 1.807) is 0 Å². The van der Waals surface area contributed by atoms with Gasteiger partial charge in [-0.05, 0) is 75.8 Å². The van der Waals surface area contributed by atoms with Gasteiger partial charge in [0.1, 0.15) is 17.0 Å². The minimum absolute atomic E-state index is 0.00509. The van der Waals surface area contributed by atoms with Gasteiger partial charge in [-0.25, -0.2) is 15.0 Å². The summed E-state index contributed by atoms with van der Waals surface area (Å²) in [6, 6.07) is 51.5. The largest absolute Gasteiger partial charge is 0.456 e. The van der Waals surface area contributed by atoms with Crippen LogP contribution in [-0.2, 0) is 6.42 Å². The first-order chi connectivity index (χ1) is 25.7. The minimum Gasteiger partial charge on any atom is -0.456 e. The van der Waals surface area contributed by atoms with Crippen LogP contribution in [0.1, 0.15) is 22.9 Å². The van der Waals surface area contributed by atoms with Crippen LogP contribution in [0.2, 0.25) is 0 Å². The molecule has 11 rings (SSSR count). The SMILES string of the molecule is C1=CC(c2nc(-c3ccc4ccccc4c3)nc(-c3c(-c4ccc5c(c4)sc4ccccc45)ccc4oc5ccccc5c34)n2)Cc2ccccc21. The lowest BCUT2D eigenvalue weighted by Crippen LogP contribution is -2.12. The Kier molecular flexibility index (Phi) is 6.51. The smallest absolute Gasteiger partial charge is 0.165 e. The highest BCUT2D eigenvalue weighted by Gasteiger charge is 2.25. The van der Waals surface area contributed by atoms with Crippen molar-refractivity contribution in [2.75, 3.05) is 0 Å². The normalized spacial score (nSPS) is 14.2.